The third-order valence-corrected chi connectivity index (χ3v) is 6.23. The lowest BCUT2D eigenvalue weighted by atomic mass is 10.1. The smallest absolute Gasteiger partial charge is 0.226 e. The average molecular weight is 445 g/mol. The number of aryl methyl sites for hydroxylation is 2. The molecule has 2 N–H and O–H groups in total. The van der Waals surface area contributed by atoms with Gasteiger partial charge in [0.25, 0.3) is 0 Å². The molecule has 0 aliphatic heterocycles. The number of ketones is 1. The van der Waals surface area contributed by atoms with Crippen molar-refractivity contribution in [3.8, 4) is 0 Å². The molecule has 0 unspecified atom stereocenters. The van der Waals surface area contributed by atoms with Crippen LogP contribution in [-0.4, -0.2) is 39.1 Å². The van der Waals surface area contributed by atoms with Crippen LogP contribution in [-0.2, 0) is 17.6 Å². The van der Waals surface area contributed by atoms with Crippen molar-refractivity contribution >= 4 is 44.6 Å². The van der Waals surface area contributed by atoms with Gasteiger partial charge in [0.1, 0.15) is 10.0 Å². The molecule has 1 aromatic carbocycles. The average Bonchev–Trinajstić information content (AvgIpc) is 3.41. The molecule has 2 heterocycles. The zero-order valence-corrected chi connectivity index (χ0v) is 18.4. The molecule has 2 aromatic heterocycles. The number of unbranched alkanes of at least 4 members (excludes halogenated alkanes) is 1. The first-order chi connectivity index (χ1) is 14.6. The van der Waals surface area contributed by atoms with Gasteiger partial charge in [0.2, 0.25) is 16.2 Å². The highest BCUT2D eigenvalue weighted by atomic mass is 32.1. The molecule has 30 heavy (non-hydrogen) atoms. The fourth-order valence-corrected chi connectivity index (χ4v) is 4.31. The number of amides is 1. The molecular weight excluding hydrogens is 420 g/mol. The van der Waals surface area contributed by atoms with Gasteiger partial charge in [0, 0.05) is 38.3 Å². The Morgan fingerprint density at radius 3 is 2.10 bits per heavy atom. The van der Waals surface area contributed by atoms with Gasteiger partial charge in [0.05, 0.1) is 0 Å². The lowest BCUT2D eigenvalue weighted by Gasteiger charge is -2.02. The SMILES string of the molecule is CNc1nnc(CCCCc2nnc(NC(=O)CCCC(=O)c3ccccc3)s2)s1. The van der Waals surface area contributed by atoms with Crippen LogP contribution >= 0.6 is 22.7 Å². The standard InChI is InChI=1S/C20H24N6O2S2/c1-21-19-25-23-17(29-19)12-5-6-13-18-24-26-20(30-18)22-16(28)11-7-10-15(27)14-8-3-2-4-9-14/h2-4,8-9H,5-7,10-13H2,1H3,(H,21,25)(H,22,26,28). The van der Waals surface area contributed by atoms with Crippen molar-refractivity contribution in [2.45, 2.75) is 44.9 Å². The van der Waals surface area contributed by atoms with Crippen LogP contribution in [0.4, 0.5) is 10.3 Å². The van der Waals surface area contributed by atoms with Crippen molar-refractivity contribution in [2.24, 2.45) is 0 Å². The summed E-state index contributed by atoms with van der Waals surface area (Å²) in [5.41, 5.74) is 0.681. The Morgan fingerprint density at radius 1 is 0.833 bits per heavy atom. The molecule has 1 amide bonds. The van der Waals surface area contributed by atoms with Crippen molar-refractivity contribution < 1.29 is 9.59 Å². The Balaban J connectivity index is 1.32. The zero-order chi connectivity index (χ0) is 21.2. The van der Waals surface area contributed by atoms with E-state index < -0.39 is 0 Å². The Morgan fingerprint density at radius 2 is 1.47 bits per heavy atom. The third kappa shape index (κ3) is 6.96. The molecule has 0 saturated heterocycles. The number of nitrogens with one attached hydrogen (secondary N) is 2. The molecule has 0 aliphatic rings. The number of carbonyl (C=O) groups is 2. The second-order valence-electron chi connectivity index (χ2n) is 6.65. The highest BCUT2D eigenvalue weighted by molar-refractivity contribution is 7.15. The van der Waals surface area contributed by atoms with E-state index in [1.807, 2.05) is 25.2 Å². The minimum absolute atomic E-state index is 0.0531. The normalized spacial score (nSPS) is 10.7. The second-order valence-corrected chi connectivity index (χ2v) is 8.77. The monoisotopic (exact) mass is 444 g/mol. The second kappa shape index (κ2) is 11.5. The molecule has 10 heteroatoms. The van der Waals surface area contributed by atoms with Crippen LogP contribution < -0.4 is 10.6 Å². The van der Waals surface area contributed by atoms with E-state index in [1.54, 1.807) is 23.5 Å². The van der Waals surface area contributed by atoms with Gasteiger partial charge in [-0.25, -0.2) is 0 Å². The van der Waals surface area contributed by atoms with E-state index in [2.05, 4.69) is 31.0 Å². The summed E-state index contributed by atoms with van der Waals surface area (Å²) in [5.74, 6) is -0.0903. The van der Waals surface area contributed by atoms with Crippen LogP contribution in [0.1, 0.15) is 52.5 Å². The van der Waals surface area contributed by atoms with E-state index >= 15 is 0 Å². The molecule has 158 valence electrons. The molecule has 0 bridgehead atoms. The van der Waals surface area contributed by atoms with E-state index in [4.69, 9.17) is 0 Å². The van der Waals surface area contributed by atoms with Crippen LogP contribution in [0.2, 0.25) is 0 Å². The lowest BCUT2D eigenvalue weighted by molar-refractivity contribution is -0.116. The van der Waals surface area contributed by atoms with Gasteiger partial charge in [-0.2, -0.15) is 0 Å². The number of hydrogen-bond acceptors (Lipinski definition) is 9. The number of carbonyl (C=O) groups excluding carboxylic acids is 2. The molecular formula is C20H24N6O2S2. The molecule has 0 fully saturated rings. The van der Waals surface area contributed by atoms with Crippen LogP contribution in [0.3, 0.4) is 0 Å². The summed E-state index contributed by atoms with van der Waals surface area (Å²) in [6, 6.07) is 9.13. The van der Waals surface area contributed by atoms with Gasteiger partial charge in [-0.15, -0.1) is 20.4 Å². The largest absolute Gasteiger partial charge is 0.363 e. The number of hydrogen-bond donors (Lipinski definition) is 2. The number of Topliss-reactive ketones (excluding diaryl/α,β-unsaturated/α-hetero) is 1. The van der Waals surface area contributed by atoms with E-state index in [1.165, 1.54) is 11.3 Å². The molecule has 3 rings (SSSR count). The van der Waals surface area contributed by atoms with Crippen molar-refractivity contribution in [2.75, 3.05) is 17.7 Å². The van der Waals surface area contributed by atoms with E-state index in [0.29, 0.717) is 23.5 Å². The van der Waals surface area contributed by atoms with Crippen molar-refractivity contribution in [1.29, 1.82) is 0 Å². The van der Waals surface area contributed by atoms with Gasteiger partial charge in [-0.1, -0.05) is 53.0 Å². The van der Waals surface area contributed by atoms with Crippen molar-refractivity contribution in [3.05, 3.63) is 45.9 Å². The minimum atomic E-state index is -0.143. The van der Waals surface area contributed by atoms with Gasteiger partial charge < -0.3 is 10.6 Å². The third-order valence-electron chi connectivity index (χ3n) is 4.33. The van der Waals surface area contributed by atoms with Gasteiger partial charge in [-0.3, -0.25) is 9.59 Å². The summed E-state index contributed by atoms with van der Waals surface area (Å²) >= 11 is 2.96. The van der Waals surface area contributed by atoms with Crippen LogP contribution in [0.25, 0.3) is 0 Å². The number of rotatable bonds is 12. The Kier molecular flexibility index (Phi) is 8.40. The van der Waals surface area contributed by atoms with Crippen molar-refractivity contribution in [3.63, 3.8) is 0 Å². The number of nitrogens with zero attached hydrogens (tertiary/aromatic N) is 4. The predicted octanol–water partition coefficient (Wildman–Crippen LogP) is 3.99. The maximum Gasteiger partial charge on any atom is 0.226 e. The van der Waals surface area contributed by atoms with E-state index in [-0.39, 0.29) is 18.1 Å². The van der Waals surface area contributed by atoms with Gasteiger partial charge >= 0.3 is 0 Å². The molecule has 0 aliphatic carbocycles. The number of anilines is 2. The van der Waals surface area contributed by atoms with Crippen LogP contribution in [0.5, 0.6) is 0 Å². The molecule has 8 nitrogen and oxygen atoms in total. The molecule has 0 atom stereocenters. The van der Waals surface area contributed by atoms with Crippen molar-refractivity contribution in [1.82, 2.24) is 20.4 Å². The van der Waals surface area contributed by atoms with E-state index in [0.717, 1.165) is 40.8 Å². The lowest BCUT2D eigenvalue weighted by Crippen LogP contribution is -2.11. The zero-order valence-electron chi connectivity index (χ0n) is 16.8. The number of benzene rings is 1. The molecule has 0 radical (unpaired) electrons. The topological polar surface area (TPSA) is 110 Å². The van der Waals surface area contributed by atoms with E-state index in [9.17, 15) is 9.59 Å². The first-order valence-electron chi connectivity index (χ1n) is 9.84. The number of aromatic nitrogens is 4. The van der Waals surface area contributed by atoms with Gasteiger partial charge in [0.15, 0.2) is 5.78 Å². The molecule has 0 spiro atoms. The fourth-order valence-electron chi connectivity index (χ4n) is 2.77. The predicted molar refractivity (Wildman–Crippen MR) is 119 cm³/mol. The first-order valence-corrected chi connectivity index (χ1v) is 11.5. The van der Waals surface area contributed by atoms with Crippen LogP contribution in [0, 0.1) is 0 Å². The minimum Gasteiger partial charge on any atom is -0.363 e. The first kappa shape index (κ1) is 22.0. The Hall–Kier alpha value is -2.72. The molecule has 3 aromatic rings. The maximum absolute atomic E-state index is 12.1. The quantitative estimate of drug-likeness (QED) is 0.321. The molecule has 0 saturated carbocycles. The summed E-state index contributed by atoms with van der Waals surface area (Å²) in [5, 5.41) is 25.4. The van der Waals surface area contributed by atoms with Crippen LogP contribution in [0.15, 0.2) is 30.3 Å². The summed E-state index contributed by atoms with van der Waals surface area (Å²) in [7, 11) is 1.83. The Labute approximate surface area is 183 Å². The highest BCUT2D eigenvalue weighted by Gasteiger charge is 2.11. The summed E-state index contributed by atoms with van der Waals surface area (Å²) in [6.07, 6.45) is 4.81. The Bertz CT molecular complexity index is 957. The maximum atomic E-state index is 12.1. The van der Waals surface area contributed by atoms with Gasteiger partial charge in [-0.05, 0) is 19.3 Å². The highest BCUT2D eigenvalue weighted by Crippen LogP contribution is 2.20. The summed E-state index contributed by atoms with van der Waals surface area (Å²) in [4.78, 5) is 24.1. The summed E-state index contributed by atoms with van der Waals surface area (Å²) < 4.78 is 0. The summed E-state index contributed by atoms with van der Waals surface area (Å²) in [6.45, 7) is 0. The fraction of sp³-hybridized carbons (Fsp3) is 0.400.